The number of carbonyl (C=O) groups excluding carboxylic acids is 1. The van der Waals surface area contributed by atoms with Gasteiger partial charge in [-0.15, -0.1) is 0 Å². The molecule has 0 saturated heterocycles. The van der Waals surface area contributed by atoms with Crippen LogP contribution in [-0.2, 0) is 4.74 Å². The monoisotopic (exact) mass is 254 g/mol. The number of ether oxygens (including phenoxy) is 1. The molecule has 1 aliphatic rings. The summed E-state index contributed by atoms with van der Waals surface area (Å²) in [5.41, 5.74) is -1.44. The summed E-state index contributed by atoms with van der Waals surface area (Å²) in [6, 6.07) is 1.83. The fourth-order valence-corrected chi connectivity index (χ4v) is 2.28. The summed E-state index contributed by atoms with van der Waals surface area (Å²) < 4.78 is 5.19. The first kappa shape index (κ1) is 14.8. The number of amides is 1. The maximum absolute atomic E-state index is 11.8. The minimum atomic E-state index is -1.19. The van der Waals surface area contributed by atoms with Crippen molar-refractivity contribution in [2.75, 3.05) is 0 Å². The lowest BCUT2D eigenvalue weighted by molar-refractivity contribution is 0.0236. The Labute approximate surface area is 108 Å². The fraction of sp³-hybridized carbons (Fsp3) is 0.846. The van der Waals surface area contributed by atoms with Crippen LogP contribution < -0.4 is 5.32 Å². The molecule has 1 rings (SSSR count). The lowest BCUT2D eigenvalue weighted by Gasteiger charge is -2.39. The Kier molecular flexibility index (Phi) is 4.58. The molecule has 0 aliphatic heterocycles. The van der Waals surface area contributed by atoms with Crippen molar-refractivity contribution < 1.29 is 14.6 Å². The zero-order valence-electron chi connectivity index (χ0n) is 11.3. The van der Waals surface area contributed by atoms with Gasteiger partial charge in [-0.05, 0) is 33.6 Å². The highest BCUT2D eigenvalue weighted by Gasteiger charge is 2.41. The van der Waals surface area contributed by atoms with E-state index >= 15 is 0 Å². The maximum Gasteiger partial charge on any atom is 0.408 e. The number of aliphatic hydroxyl groups excluding tert-OH is 1. The highest BCUT2D eigenvalue weighted by molar-refractivity contribution is 5.69. The summed E-state index contributed by atoms with van der Waals surface area (Å²) >= 11 is 0. The van der Waals surface area contributed by atoms with Crippen LogP contribution in [0.25, 0.3) is 0 Å². The molecular formula is C13H22N2O3. The first-order chi connectivity index (χ1) is 8.29. The van der Waals surface area contributed by atoms with E-state index in [1.165, 1.54) is 0 Å². The lowest BCUT2D eigenvalue weighted by atomic mass is 9.78. The molecule has 102 valence electrons. The van der Waals surface area contributed by atoms with Gasteiger partial charge in [-0.25, -0.2) is 4.79 Å². The normalized spacial score (nSPS) is 20.6. The smallest absolute Gasteiger partial charge is 0.408 e. The third kappa shape index (κ3) is 3.88. The Morgan fingerprint density at radius 2 is 1.94 bits per heavy atom. The third-order valence-electron chi connectivity index (χ3n) is 3.14. The molecule has 0 spiro atoms. The molecule has 2 N–H and O–H groups in total. The highest BCUT2D eigenvalue weighted by Crippen LogP contribution is 2.31. The van der Waals surface area contributed by atoms with Crippen molar-refractivity contribution in [2.45, 2.75) is 70.1 Å². The summed E-state index contributed by atoms with van der Waals surface area (Å²) in [5, 5.41) is 21.5. The summed E-state index contributed by atoms with van der Waals surface area (Å²) in [5.74, 6) is 0. The van der Waals surface area contributed by atoms with Crippen LogP contribution in [0, 0.1) is 11.3 Å². The predicted molar refractivity (Wildman–Crippen MR) is 66.8 cm³/mol. The van der Waals surface area contributed by atoms with Crippen molar-refractivity contribution in [3.8, 4) is 6.07 Å². The van der Waals surface area contributed by atoms with Gasteiger partial charge in [0.1, 0.15) is 5.60 Å². The molecule has 0 bridgehead atoms. The van der Waals surface area contributed by atoms with Gasteiger partial charge in [0.05, 0.1) is 11.6 Å². The molecule has 1 saturated carbocycles. The minimum absolute atomic E-state index is 0.571. The Morgan fingerprint density at radius 1 is 1.39 bits per heavy atom. The van der Waals surface area contributed by atoms with Crippen molar-refractivity contribution in [3.05, 3.63) is 0 Å². The van der Waals surface area contributed by atoms with E-state index in [0.717, 1.165) is 19.3 Å². The molecule has 5 heteroatoms. The van der Waals surface area contributed by atoms with Gasteiger partial charge in [-0.1, -0.05) is 19.3 Å². The second kappa shape index (κ2) is 5.57. The first-order valence-electron chi connectivity index (χ1n) is 6.38. The molecule has 0 aromatic heterocycles. The van der Waals surface area contributed by atoms with Gasteiger partial charge in [0, 0.05) is 0 Å². The minimum Gasteiger partial charge on any atom is -0.444 e. The van der Waals surface area contributed by atoms with Crippen LogP contribution in [0.3, 0.4) is 0 Å². The molecule has 0 heterocycles. The largest absolute Gasteiger partial charge is 0.444 e. The van der Waals surface area contributed by atoms with Crippen LogP contribution in [0.1, 0.15) is 52.9 Å². The number of rotatable bonds is 2. The van der Waals surface area contributed by atoms with Crippen LogP contribution in [0.2, 0.25) is 0 Å². The number of carbonyl (C=O) groups is 1. The maximum atomic E-state index is 11.8. The van der Waals surface area contributed by atoms with Gasteiger partial charge in [-0.2, -0.15) is 5.26 Å². The number of nitriles is 1. The van der Waals surface area contributed by atoms with Crippen molar-refractivity contribution >= 4 is 6.09 Å². The predicted octanol–water partition coefficient (Wildman–Crippen LogP) is 2.10. The second-order valence-electron chi connectivity index (χ2n) is 5.88. The number of hydrogen-bond donors (Lipinski definition) is 2. The van der Waals surface area contributed by atoms with Crippen LogP contribution in [0.5, 0.6) is 0 Å². The Balaban J connectivity index is 2.74. The van der Waals surface area contributed by atoms with Crippen molar-refractivity contribution in [1.29, 1.82) is 5.26 Å². The molecule has 18 heavy (non-hydrogen) atoms. The average Bonchev–Trinajstić information content (AvgIpc) is 2.26. The zero-order chi connectivity index (χ0) is 13.8. The van der Waals surface area contributed by atoms with E-state index in [1.807, 2.05) is 6.07 Å². The number of nitrogens with zero attached hydrogens (tertiary/aromatic N) is 1. The van der Waals surface area contributed by atoms with E-state index in [0.29, 0.717) is 12.8 Å². The number of nitrogens with one attached hydrogen (secondary N) is 1. The highest BCUT2D eigenvalue weighted by atomic mass is 16.6. The molecular weight excluding hydrogens is 232 g/mol. The topological polar surface area (TPSA) is 82.3 Å². The molecule has 1 aliphatic carbocycles. The molecule has 0 radical (unpaired) electrons. The summed E-state index contributed by atoms with van der Waals surface area (Å²) in [6.07, 6.45) is 2.32. The van der Waals surface area contributed by atoms with Gasteiger partial charge >= 0.3 is 6.09 Å². The van der Waals surface area contributed by atoms with Gasteiger partial charge in [0.2, 0.25) is 0 Å². The van der Waals surface area contributed by atoms with E-state index in [-0.39, 0.29) is 0 Å². The Bertz CT molecular complexity index is 335. The SMILES string of the molecule is CC(C)(C)OC(=O)NC1(C(O)C#N)CCCCC1. The van der Waals surface area contributed by atoms with Crippen LogP contribution in [-0.4, -0.2) is 28.4 Å². The average molecular weight is 254 g/mol. The van der Waals surface area contributed by atoms with E-state index in [4.69, 9.17) is 10.00 Å². The quantitative estimate of drug-likeness (QED) is 0.739. The molecule has 0 aromatic rings. The number of aliphatic hydroxyl groups is 1. The molecule has 0 aromatic carbocycles. The van der Waals surface area contributed by atoms with Gasteiger partial charge in [0.25, 0.3) is 0 Å². The fourth-order valence-electron chi connectivity index (χ4n) is 2.28. The van der Waals surface area contributed by atoms with E-state index in [2.05, 4.69) is 5.32 Å². The van der Waals surface area contributed by atoms with Crippen molar-refractivity contribution in [2.24, 2.45) is 0 Å². The summed E-state index contributed by atoms with van der Waals surface area (Å²) in [4.78, 5) is 11.8. The van der Waals surface area contributed by atoms with Crippen molar-refractivity contribution in [3.63, 3.8) is 0 Å². The second-order valence-corrected chi connectivity index (χ2v) is 5.88. The molecule has 1 atom stereocenters. The standard InChI is InChI=1S/C13H22N2O3/c1-12(2,3)18-11(17)15-13(10(16)9-14)7-5-4-6-8-13/h10,16H,4-8H2,1-3H3,(H,15,17). The number of alkyl carbamates (subject to hydrolysis) is 1. The van der Waals surface area contributed by atoms with Gasteiger partial charge in [-0.3, -0.25) is 0 Å². The molecule has 1 amide bonds. The molecule has 1 unspecified atom stereocenters. The molecule has 5 nitrogen and oxygen atoms in total. The van der Waals surface area contributed by atoms with Crippen LogP contribution >= 0.6 is 0 Å². The third-order valence-corrected chi connectivity index (χ3v) is 3.14. The first-order valence-corrected chi connectivity index (χ1v) is 6.38. The van der Waals surface area contributed by atoms with E-state index in [1.54, 1.807) is 20.8 Å². The van der Waals surface area contributed by atoms with E-state index in [9.17, 15) is 9.90 Å². The Morgan fingerprint density at radius 3 is 2.39 bits per heavy atom. The summed E-state index contributed by atoms with van der Waals surface area (Å²) in [7, 11) is 0. The molecule has 1 fully saturated rings. The lowest BCUT2D eigenvalue weighted by Crippen LogP contribution is -2.58. The van der Waals surface area contributed by atoms with Crippen LogP contribution in [0.4, 0.5) is 4.79 Å². The van der Waals surface area contributed by atoms with Gasteiger partial charge < -0.3 is 15.2 Å². The van der Waals surface area contributed by atoms with E-state index < -0.39 is 23.3 Å². The van der Waals surface area contributed by atoms with Gasteiger partial charge in [0.15, 0.2) is 6.10 Å². The number of hydrogen-bond acceptors (Lipinski definition) is 4. The zero-order valence-corrected chi connectivity index (χ0v) is 11.3. The summed E-state index contributed by atoms with van der Waals surface area (Å²) in [6.45, 7) is 5.34. The van der Waals surface area contributed by atoms with Crippen molar-refractivity contribution in [1.82, 2.24) is 5.32 Å². The van der Waals surface area contributed by atoms with Crippen LogP contribution in [0.15, 0.2) is 0 Å². The Hall–Kier alpha value is -1.28.